The number of carbonyl (C=O) groups is 3. The fraction of sp³-hybridized carbons (Fsp3) is 0.643. The lowest BCUT2D eigenvalue weighted by Crippen LogP contribution is -2.38. The molecule has 126 valence electrons. The van der Waals surface area contributed by atoms with Crippen LogP contribution in [-0.4, -0.2) is 45.5 Å². The molecule has 1 aliphatic rings. The van der Waals surface area contributed by atoms with E-state index >= 15 is 0 Å². The zero-order chi connectivity index (χ0) is 17.0. The van der Waals surface area contributed by atoms with E-state index in [1.807, 2.05) is 20.8 Å². The maximum atomic E-state index is 12.3. The molecule has 1 aromatic rings. The van der Waals surface area contributed by atoms with Crippen LogP contribution in [0.4, 0.5) is 4.79 Å². The van der Waals surface area contributed by atoms with Crippen molar-refractivity contribution in [3.63, 3.8) is 0 Å². The minimum absolute atomic E-state index is 0.0951. The molecule has 1 aromatic heterocycles. The van der Waals surface area contributed by atoms with Crippen molar-refractivity contribution < 1.29 is 18.9 Å². The molecule has 0 radical (unpaired) electrons. The Morgan fingerprint density at radius 3 is 2.70 bits per heavy atom. The van der Waals surface area contributed by atoms with Crippen molar-refractivity contribution in [1.82, 2.24) is 25.7 Å². The molecule has 0 spiro atoms. The summed E-state index contributed by atoms with van der Waals surface area (Å²) in [7, 11) is 0. The molecule has 2 N–H and O–H groups in total. The Hall–Kier alpha value is -2.45. The fourth-order valence-corrected chi connectivity index (χ4v) is 2.24. The van der Waals surface area contributed by atoms with Crippen LogP contribution in [0.15, 0.2) is 4.52 Å². The molecule has 4 amide bonds. The van der Waals surface area contributed by atoms with E-state index in [-0.39, 0.29) is 18.9 Å². The van der Waals surface area contributed by atoms with Gasteiger partial charge in [0, 0.05) is 13.0 Å². The number of aromatic nitrogens is 2. The third-order valence-electron chi connectivity index (χ3n) is 3.40. The first-order valence-electron chi connectivity index (χ1n) is 7.59. The van der Waals surface area contributed by atoms with Crippen molar-refractivity contribution in [3.8, 4) is 0 Å². The van der Waals surface area contributed by atoms with Crippen molar-refractivity contribution in [1.29, 1.82) is 0 Å². The highest BCUT2D eigenvalue weighted by Gasteiger charge is 2.32. The summed E-state index contributed by atoms with van der Waals surface area (Å²) in [6.45, 7) is 6.56. The Morgan fingerprint density at radius 1 is 1.39 bits per heavy atom. The number of nitrogens with one attached hydrogen (secondary N) is 2. The van der Waals surface area contributed by atoms with Crippen LogP contribution in [0.25, 0.3) is 0 Å². The standard InChI is InChI=1S/C14H21N5O4/c1-4-19(7-10-16-11(23-18-10)5-8(2)3)12(20)6-9-13(21)17-14(22)15-9/h8-9H,4-7H2,1-3H3,(H2,15,17,21,22)/t9-/m1/s1. The highest BCUT2D eigenvalue weighted by Crippen LogP contribution is 2.09. The van der Waals surface area contributed by atoms with Crippen LogP contribution in [-0.2, 0) is 22.6 Å². The summed E-state index contributed by atoms with van der Waals surface area (Å²) in [4.78, 5) is 40.6. The van der Waals surface area contributed by atoms with Crippen LogP contribution in [0.3, 0.4) is 0 Å². The highest BCUT2D eigenvalue weighted by molar-refractivity contribution is 6.05. The molecule has 1 aliphatic heterocycles. The molecule has 0 bridgehead atoms. The summed E-state index contributed by atoms with van der Waals surface area (Å²) in [5.41, 5.74) is 0. The number of imide groups is 1. The van der Waals surface area contributed by atoms with Gasteiger partial charge in [0.15, 0.2) is 5.82 Å². The summed E-state index contributed by atoms with van der Waals surface area (Å²) in [5.74, 6) is 0.622. The van der Waals surface area contributed by atoms with E-state index in [0.717, 1.165) is 0 Å². The molecule has 0 saturated carbocycles. The molecule has 9 heteroatoms. The molecule has 0 aliphatic carbocycles. The lowest BCUT2D eigenvalue weighted by Gasteiger charge is -2.20. The zero-order valence-electron chi connectivity index (χ0n) is 13.5. The first-order valence-corrected chi connectivity index (χ1v) is 7.59. The van der Waals surface area contributed by atoms with Gasteiger partial charge in [-0.3, -0.25) is 14.9 Å². The maximum absolute atomic E-state index is 12.3. The summed E-state index contributed by atoms with van der Waals surface area (Å²) < 4.78 is 5.14. The Labute approximate surface area is 133 Å². The molecule has 2 rings (SSSR count). The minimum atomic E-state index is -0.828. The van der Waals surface area contributed by atoms with Gasteiger partial charge in [0.05, 0.1) is 13.0 Å². The molecule has 1 atom stereocenters. The lowest BCUT2D eigenvalue weighted by molar-refractivity contribution is -0.134. The first-order chi connectivity index (χ1) is 10.9. The van der Waals surface area contributed by atoms with E-state index in [2.05, 4.69) is 20.8 Å². The summed E-state index contributed by atoms with van der Waals surface area (Å²) in [5, 5.41) is 8.38. The van der Waals surface area contributed by atoms with Crippen LogP contribution >= 0.6 is 0 Å². The molecule has 0 unspecified atom stereocenters. The maximum Gasteiger partial charge on any atom is 0.322 e. The van der Waals surface area contributed by atoms with Gasteiger partial charge in [-0.25, -0.2) is 4.79 Å². The van der Waals surface area contributed by atoms with Crippen LogP contribution in [0.2, 0.25) is 0 Å². The molecular formula is C14H21N5O4. The second kappa shape index (κ2) is 7.21. The number of rotatable bonds is 7. The van der Waals surface area contributed by atoms with Crippen LogP contribution < -0.4 is 10.6 Å². The van der Waals surface area contributed by atoms with E-state index in [4.69, 9.17) is 4.52 Å². The quantitative estimate of drug-likeness (QED) is 0.693. The highest BCUT2D eigenvalue weighted by atomic mass is 16.5. The Morgan fingerprint density at radius 2 is 2.13 bits per heavy atom. The van der Waals surface area contributed by atoms with Gasteiger partial charge in [-0.15, -0.1) is 0 Å². The molecule has 23 heavy (non-hydrogen) atoms. The molecular weight excluding hydrogens is 302 g/mol. The van der Waals surface area contributed by atoms with Gasteiger partial charge in [-0.2, -0.15) is 4.98 Å². The SMILES string of the molecule is CCN(Cc1noc(CC(C)C)n1)C(=O)C[C@H]1NC(=O)NC1=O. The van der Waals surface area contributed by atoms with E-state index in [9.17, 15) is 14.4 Å². The fourth-order valence-electron chi connectivity index (χ4n) is 2.24. The average molecular weight is 323 g/mol. The minimum Gasteiger partial charge on any atom is -0.339 e. The number of hydrogen-bond acceptors (Lipinski definition) is 6. The summed E-state index contributed by atoms with van der Waals surface area (Å²) in [6.07, 6.45) is 0.587. The molecule has 1 saturated heterocycles. The number of carbonyl (C=O) groups excluding carboxylic acids is 3. The third-order valence-corrected chi connectivity index (χ3v) is 3.40. The van der Waals surface area contributed by atoms with Gasteiger partial charge in [0.25, 0.3) is 5.91 Å². The summed E-state index contributed by atoms with van der Waals surface area (Å²) in [6, 6.07) is -1.40. The average Bonchev–Trinajstić information content (AvgIpc) is 3.02. The second-order valence-corrected chi connectivity index (χ2v) is 5.83. The normalized spacial score (nSPS) is 17.3. The Bertz CT molecular complexity index is 598. The number of hydrogen-bond donors (Lipinski definition) is 2. The van der Waals surface area contributed by atoms with Gasteiger partial charge in [-0.05, 0) is 12.8 Å². The van der Waals surface area contributed by atoms with Gasteiger partial charge in [0.2, 0.25) is 11.8 Å². The van der Waals surface area contributed by atoms with Gasteiger partial charge >= 0.3 is 6.03 Å². The van der Waals surface area contributed by atoms with E-state index in [1.165, 1.54) is 4.90 Å². The zero-order valence-corrected chi connectivity index (χ0v) is 13.5. The Balaban J connectivity index is 1.93. The summed E-state index contributed by atoms with van der Waals surface area (Å²) >= 11 is 0. The molecule has 9 nitrogen and oxygen atoms in total. The van der Waals surface area contributed by atoms with Crippen LogP contribution in [0, 0.1) is 5.92 Å². The van der Waals surface area contributed by atoms with E-state index in [0.29, 0.717) is 30.6 Å². The number of amides is 4. The van der Waals surface area contributed by atoms with Gasteiger partial charge < -0.3 is 14.7 Å². The monoisotopic (exact) mass is 323 g/mol. The predicted octanol–water partition coefficient (Wildman–Crippen LogP) is 0.215. The largest absolute Gasteiger partial charge is 0.339 e. The second-order valence-electron chi connectivity index (χ2n) is 5.83. The molecule has 2 heterocycles. The van der Waals surface area contributed by atoms with E-state index in [1.54, 1.807) is 0 Å². The van der Waals surface area contributed by atoms with Gasteiger partial charge in [0.1, 0.15) is 6.04 Å². The first kappa shape index (κ1) is 16.9. The Kier molecular flexibility index (Phi) is 5.30. The van der Waals surface area contributed by atoms with Gasteiger partial charge in [-0.1, -0.05) is 19.0 Å². The van der Waals surface area contributed by atoms with Crippen LogP contribution in [0.5, 0.6) is 0 Å². The lowest BCUT2D eigenvalue weighted by atomic mass is 10.1. The topological polar surface area (TPSA) is 117 Å². The van der Waals surface area contributed by atoms with Crippen molar-refractivity contribution in [2.24, 2.45) is 5.92 Å². The number of urea groups is 1. The predicted molar refractivity (Wildman–Crippen MR) is 79.0 cm³/mol. The van der Waals surface area contributed by atoms with Crippen LogP contribution in [0.1, 0.15) is 38.9 Å². The molecule has 1 fully saturated rings. The van der Waals surface area contributed by atoms with Crippen molar-refractivity contribution in [2.45, 2.75) is 46.2 Å². The van der Waals surface area contributed by atoms with Crippen molar-refractivity contribution in [3.05, 3.63) is 11.7 Å². The van der Waals surface area contributed by atoms with E-state index < -0.39 is 18.0 Å². The molecule has 0 aromatic carbocycles. The number of nitrogens with zero attached hydrogens (tertiary/aromatic N) is 3. The van der Waals surface area contributed by atoms with Crippen molar-refractivity contribution >= 4 is 17.8 Å². The third kappa shape index (κ3) is 4.51. The van der Waals surface area contributed by atoms with Crippen molar-refractivity contribution in [2.75, 3.05) is 6.54 Å². The smallest absolute Gasteiger partial charge is 0.322 e.